The average Bonchev–Trinajstić information content (AvgIpc) is 2.29. The number of aliphatic hydroxyl groups is 1. The van der Waals surface area contributed by atoms with E-state index in [0.29, 0.717) is 25.4 Å². The van der Waals surface area contributed by atoms with Crippen LogP contribution in [0.3, 0.4) is 0 Å². The maximum Gasteiger partial charge on any atom is 0.0958 e. The summed E-state index contributed by atoms with van der Waals surface area (Å²) >= 11 is 0. The molecule has 1 aromatic heterocycles. The van der Waals surface area contributed by atoms with Crippen LogP contribution in [0.2, 0.25) is 0 Å². The molecule has 0 aromatic carbocycles. The number of ether oxygens (including phenoxy) is 1. The summed E-state index contributed by atoms with van der Waals surface area (Å²) in [5.74, 6) is 0.431. The van der Waals surface area contributed by atoms with Gasteiger partial charge in [0.2, 0.25) is 0 Å². The predicted octanol–water partition coefficient (Wildman–Crippen LogP) is 2.41. The van der Waals surface area contributed by atoms with Crippen LogP contribution in [0.15, 0.2) is 18.3 Å². The highest BCUT2D eigenvalue weighted by molar-refractivity contribution is 5.21. The minimum atomic E-state index is -0.770. The molecule has 2 atom stereocenters. The van der Waals surface area contributed by atoms with Gasteiger partial charge in [0.1, 0.15) is 0 Å². The van der Waals surface area contributed by atoms with Gasteiger partial charge < -0.3 is 9.84 Å². The van der Waals surface area contributed by atoms with Crippen molar-refractivity contribution in [1.29, 1.82) is 0 Å². The van der Waals surface area contributed by atoms with E-state index in [1.807, 2.05) is 19.1 Å². The van der Waals surface area contributed by atoms with Gasteiger partial charge in [0.05, 0.1) is 18.3 Å². The zero-order chi connectivity index (χ0) is 12.5. The van der Waals surface area contributed by atoms with Crippen LogP contribution in [-0.4, -0.2) is 22.8 Å². The fraction of sp³-hybridized carbons (Fsp3) is 0.643. The molecule has 0 radical (unpaired) electrons. The van der Waals surface area contributed by atoms with Crippen LogP contribution in [0.4, 0.5) is 0 Å². The first-order valence-corrected chi connectivity index (χ1v) is 6.28. The van der Waals surface area contributed by atoms with Gasteiger partial charge in [0.15, 0.2) is 0 Å². The summed E-state index contributed by atoms with van der Waals surface area (Å²) < 4.78 is 5.70. The number of aromatic nitrogens is 1. The van der Waals surface area contributed by atoms with Crippen LogP contribution in [0, 0.1) is 12.8 Å². The predicted molar refractivity (Wildman–Crippen MR) is 66.7 cm³/mol. The van der Waals surface area contributed by atoms with Crippen molar-refractivity contribution in [2.45, 2.75) is 45.3 Å². The summed E-state index contributed by atoms with van der Waals surface area (Å²) in [7, 11) is 0. The summed E-state index contributed by atoms with van der Waals surface area (Å²) in [6, 6.07) is 3.93. The third-order valence-corrected chi connectivity index (χ3v) is 3.58. The first-order valence-electron chi connectivity index (χ1n) is 6.28. The molecule has 0 amide bonds. The van der Waals surface area contributed by atoms with Crippen molar-refractivity contribution < 1.29 is 9.84 Å². The number of rotatable bonds is 2. The molecular weight excluding hydrogens is 214 g/mol. The lowest BCUT2D eigenvalue weighted by molar-refractivity contribution is -0.121. The van der Waals surface area contributed by atoms with Gasteiger partial charge in [0, 0.05) is 30.3 Å². The largest absolute Gasteiger partial charge is 0.385 e. The van der Waals surface area contributed by atoms with E-state index < -0.39 is 5.60 Å². The summed E-state index contributed by atoms with van der Waals surface area (Å²) in [6.07, 6.45) is 3.24. The van der Waals surface area contributed by atoms with Gasteiger partial charge in [-0.05, 0) is 18.9 Å². The summed E-state index contributed by atoms with van der Waals surface area (Å²) in [5.41, 5.74) is 1.12. The number of aryl methyl sites for hydroxylation is 1. The van der Waals surface area contributed by atoms with Gasteiger partial charge in [-0.15, -0.1) is 0 Å². The Kier molecular flexibility index (Phi) is 3.50. The Bertz CT molecular complexity index is 374. The Morgan fingerprint density at radius 1 is 1.47 bits per heavy atom. The second-order valence-corrected chi connectivity index (χ2v) is 5.33. The maximum absolute atomic E-state index is 10.7. The lowest BCUT2D eigenvalue weighted by Crippen LogP contribution is -2.40. The number of pyridine rings is 1. The monoisotopic (exact) mass is 235 g/mol. The van der Waals surface area contributed by atoms with Crippen LogP contribution < -0.4 is 0 Å². The van der Waals surface area contributed by atoms with Gasteiger partial charge in [-0.3, -0.25) is 4.98 Å². The van der Waals surface area contributed by atoms with E-state index in [2.05, 4.69) is 18.8 Å². The Morgan fingerprint density at radius 2 is 2.24 bits per heavy atom. The van der Waals surface area contributed by atoms with Gasteiger partial charge >= 0.3 is 0 Å². The van der Waals surface area contributed by atoms with E-state index in [1.54, 1.807) is 6.20 Å². The molecule has 94 valence electrons. The molecule has 3 heteroatoms. The first kappa shape index (κ1) is 12.5. The topological polar surface area (TPSA) is 42.4 Å². The van der Waals surface area contributed by atoms with Crippen LogP contribution in [-0.2, 0) is 10.3 Å². The van der Waals surface area contributed by atoms with E-state index in [9.17, 15) is 5.11 Å². The zero-order valence-electron chi connectivity index (χ0n) is 10.8. The molecule has 0 spiro atoms. The highest BCUT2D eigenvalue weighted by atomic mass is 16.5. The van der Waals surface area contributed by atoms with Crippen LogP contribution >= 0.6 is 0 Å². The molecular formula is C14H21NO2. The van der Waals surface area contributed by atoms with E-state index in [4.69, 9.17) is 4.74 Å². The molecule has 2 rings (SSSR count). The van der Waals surface area contributed by atoms with Gasteiger partial charge in [-0.25, -0.2) is 0 Å². The van der Waals surface area contributed by atoms with E-state index in [-0.39, 0.29) is 6.10 Å². The van der Waals surface area contributed by atoms with E-state index in [0.717, 1.165) is 11.3 Å². The standard InChI is InChI=1S/C14H21NO2/c1-10(2)13-8-14(16,6-7-17-13)12-5-4-11(3)15-9-12/h4-5,9-10,13,16H,6-8H2,1-3H3. The highest BCUT2D eigenvalue weighted by Crippen LogP contribution is 2.36. The van der Waals surface area contributed by atoms with Gasteiger partial charge in [-0.2, -0.15) is 0 Å². The van der Waals surface area contributed by atoms with Crippen LogP contribution in [0.1, 0.15) is 37.9 Å². The number of nitrogens with zero attached hydrogens (tertiary/aromatic N) is 1. The van der Waals surface area contributed by atoms with Crippen molar-refractivity contribution in [2.24, 2.45) is 5.92 Å². The third-order valence-electron chi connectivity index (χ3n) is 3.58. The fourth-order valence-electron chi connectivity index (χ4n) is 2.31. The molecule has 1 fully saturated rings. The molecule has 1 aliphatic rings. The smallest absolute Gasteiger partial charge is 0.0958 e. The van der Waals surface area contributed by atoms with Crippen molar-refractivity contribution in [3.8, 4) is 0 Å². The Labute approximate surface area is 103 Å². The molecule has 1 aliphatic heterocycles. The Morgan fingerprint density at radius 3 is 2.82 bits per heavy atom. The highest BCUT2D eigenvalue weighted by Gasteiger charge is 2.37. The Hall–Kier alpha value is -0.930. The summed E-state index contributed by atoms with van der Waals surface area (Å²) in [5, 5.41) is 10.7. The van der Waals surface area contributed by atoms with E-state index in [1.165, 1.54) is 0 Å². The molecule has 2 heterocycles. The lowest BCUT2D eigenvalue weighted by Gasteiger charge is -2.38. The van der Waals surface area contributed by atoms with Crippen molar-refractivity contribution in [2.75, 3.05) is 6.61 Å². The molecule has 0 aliphatic carbocycles. The minimum Gasteiger partial charge on any atom is -0.385 e. The second kappa shape index (κ2) is 4.75. The third kappa shape index (κ3) is 2.67. The van der Waals surface area contributed by atoms with Gasteiger partial charge in [0.25, 0.3) is 0 Å². The molecule has 1 N–H and O–H groups in total. The van der Waals surface area contributed by atoms with Crippen molar-refractivity contribution in [3.63, 3.8) is 0 Å². The SMILES string of the molecule is Cc1ccc(C2(O)CCOC(C(C)C)C2)cn1. The number of hydrogen-bond donors (Lipinski definition) is 1. The van der Waals surface area contributed by atoms with Crippen molar-refractivity contribution in [3.05, 3.63) is 29.6 Å². The number of hydrogen-bond acceptors (Lipinski definition) is 3. The van der Waals surface area contributed by atoms with Crippen LogP contribution in [0.25, 0.3) is 0 Å². The average molecular weight is 235 g/mol. The lowest BCUT2D eigenvalue weighted by atomic mass is 9.82. The molecule has 1 aromatic rings. The summed E-state index contributed by atoms with van der Waals surface area (Å²) in [4.78, 5) is 4.27. The normalized spacial score (nSPS) is 29.6. The molecule has 2 unspecified atom stereocenters. The molecule has 3 nitrogen and oxygen atoms in total. The maximum atomic E-state index is 10.7. The molecule has 1 saturated heterocycles. The Balaban J connectivity index is 2.20. The molecule has 0 saturated carbocycles. The zero-order valence-corrected chi connectivity index (χ0v) is 10.8. The first-order chi connectivity index (χ1) is 8.01. The van der Waals surface area contributed by atoms with Crippen molar-refractivity contribution in [1.82, 2.24) is 4.98 Å². The molecule has 17 heavy (non-hydrogen) atoms. The summed E-state index contributed by atoms with van der Waals surface area (Å²) in [6.45, 7) is 6.83. The molecule has 0 bridgehead atoms. The quantitative estimate of drug-likeness (QED) is 0.856. The minimum absolute atomic E-state index is 0.134. The van der Waals surface area contributed by atoms with Gasteiger partial charge in [-0.1, -0.05) is 19.9 Å². The second-order valence-electron chi connectivity index (χ2n) is 5.33. The fourth-order valence-corrected chi connectivity index (χ4v) is 2.31. The van der Waals surface area contributed by atoms with E-state index >= 15 is 0 Å². The van der Waals surface area contributed by atoms with Crippen molar-refractivity contribution >= 4 is 0 Å². The van der Waals surface area contributed by atoms with Crippen LogP contribution in [0.5, 0.6) is 0 Å².